The van der Waals surface area contributed by atoms with E-state index in [0.29, 0.717) is 42.6 Å². The SMILES string of the molecule is O=C1OC2(CCN(C(=O)c3cn(Cc4cc(F)cc(F)c4)c4ccccc34)CC2)c2ccccc21. The van der Waals surface area contributed by atoms with Crippen molar-refractivity contribution in [3.05, 3.63) is 107 Å². The fourth-order valence-electron chi connectivity index (χ4n) is 5.41. The first-order valence-corrected chi connectivity index (χ1v) is 11.6. The number of halogens is 2. The van der Waals surface area contributed by atoms with Crippen LogP contribution in [-0.4, -0.2) is 34.4 Å². The predicted octanol–water partition coefficient (Wildman–Crippen LogP) is 5.27. The van der Waals surface area contributed by atoms with Gasteiger partial charge in [0, 0.05) is 61.2 Å². The molecule has 35 heavy (non-hydrogen) atoms. The molecule has 7 heteroatoms. The molecule has 0 N–H and O–H groups in total. The van der Waals surface area contributed by atoms with Crippen LogP contribution in [0.2, 0.25) is 0 Å². The van der Waals surface area contributed by atoms with Crippen molar-refractivity contribution < 1.29 is 23.1 Å². The number of ether oxygens (including phenoxy) is 1. The molecule has 0 bridgehead atoms. The second kappa shape index (κ2) is 8.05. The molecule has 1 amide bonds. The number of amides is 1. The van der Waals surface area contributed by atoms with Gasteiger partial charge < -0.3 is 14.2 Å². The number of carbonyl (C=O) groups is 2. The number of likely N-dealkylation sites (tertiary alicyclic amines) is 1. The minimum atomic E-state index is -0.681. The number of hydrogen-bond acceptors (Lipinski definition) is 3. The summed E-state index contributed by atoms with van der Waals surface area (Å²) in [6.07, 6.45) is 2.82. The third-order valence-electron chi connectivity index (χ3n) is 7.08. The Bertz CT molecular complexity index is 1460. The minimum Gasteiger partial charge on any atom is -0.450 e. The van der Waals surface area contributed by atoms with E-state index >= 15 is 0 Å². The van der Waals surface area contributed by atoms with Gasteiger partial charge in [-0.05, 0) is 29.8 Å². The fourth-order valence-corrected chi connectivity index (χ4v) is 5.41. The quantitative estimate of drug-likeness (QED) is 0.382. The Morgan fingerprint density at radius 2 is 1.63 bits per heavy atom. The maximum absolute atomic E-state index is 13.7. The molecule has 0 saturated carbocycles. The van der Waals surface area contributed by atoms with Gasteiger partial charge in [-0.25, -0.2) is 13.6 Å². The van der Waals surface area contributed by atoms with Crippen molar-refractivity contribution in [3.8, 4) is 0 Å². The van der Waals surface area contributed by atoms with Crippen molar-refractivity contribution in [3.63, 3.8) is 0 Å². The zero-order chi connectivity index (χ0) is 24.2. The van der Waals surface area contributed by atoms with Gasteiger partial charge in [0.2, 0.25) is 0 Å². The average Bonchev–Trinajstić information content (AvgIpc) is 3.34. The number of para-hydroxylation sites is 1. The molecular formula is C28H22F2N2O3. The molecule has 0 radical (unpaired) electrons. The molecule has 1 spiro atoms. The highest BCUT2D eigenvalue weighted by Gasteiger charge is 2.47. The summed E-state index contributed by atoms with van der Waals surface area (Å²) in [7, 11) is 0. The van der Waals surface area contributed by atoms with E-state index in [-0.39, 0.29) is 18.4 Å². The van der Waals surface area contributed by atoms with Crippen LogP contribution < -0.4 is 0 Å². The zero-order valence-corrected chi connectivity index (χ0v) is 18.8. The Balaban J connectivity index is 1.27. The van der Waals surface area contributed by atoms with E-state index in [9.17, 15) is 18.4 Å². The van der Waals surface area contributed by atoms with Gasteiger partial charge in [0.1, 0.15) is 17.2 Å². The molecule has 0 atom stereocenters. The number of esters is 1. The highest BCUT2D eigenvalue weighted by atomic mass is 19.1. The lowest BCUT2D eigenvalue weighted by Gasteiger charge is -2.38. The standard InChI is InChI=1S/C28H22F2N2O3/c29-19-13-18(14-20(30)15-19)16-32-17-23(21-5-2-4-8-25(21)32)26(33)31-11-9-28(10-12-31)24-7-3-1-6-22(24)27(34)35-28/h1-8,13-15,17H,9-12,16H2. The van der Waals surface area contributed by atoms with Gasteiger partial charge in [0.05, 0.1) is 11.1 Å². The molecule has 2 aliphatic heterocycles. The fraction of sp³-hybridized carbons (Fsp3) is 0.214. The van der Waals surface area contributed by atoms with Crippen LogP contribution in [0.3, 0.4) is 0 Å². The summed E-state index contributed by atoms with van der Waals surface area (Å²) < 4.78 is 35.1. The second-order valence-corrected chi connectivity index (χ2v) is 9.19. The van der Waals surface area contributed by atoms with Crippen molar-refractivity contribution in [2.45, 2.75) is 25.0 Å². The molecule has 3 aromatic carbocycles. The van der Waals surface area contributed by atoms with Crippen molar-refractivity contribution in [2.75, 3.05) is 13.1 Å². The zero-order valence-electron chi connectivity index (χ0n) is 18.8. The molecule has 4 aromatic rings. The smallest absolute Gasteiger partial charge is 0.339 e. The van der Waals surface area contributed by atoms with Gasteiger partial charge in [0.25, 0.3) is 5.91 Å². The van der Waals surface area contributed by atoms with Gasteiger partial charge in [-0.3, -0.25) is 4.79 Å². The largest absolute Gasteiger partial charge is 0.450 e. The maximum Gasteiger partial charge on any atom is 0.339 e. The monoisotopic (exact) mass is 472 g/mol. The van der Waals surface area contributed by atoms with Crippen LogP contribution >= 0.6 is 0 Å². The first-order chi connectivity index (χ1) is 16.9. The van der Waals surface area contributed by atoms with Gasteiger partial charge in [-0.1, -0.05) is 36.4 Å². The van der Waals surface area contributed by atoms with E-state index in [0.717, 1.165) is 22.5 Å². The molecule has 1 fully saturated rings. The highest BCUT2D eigenvalue weighted by Crippen LogP contribution is 2.44. The Morgan fingerprint density at radius 3 is 2.40 bits per heavy atom. The minimum absolute atomic E-state index is 0.113. The van der Waals surface area contributed by atoms with Crippen LogP contribution in [0.15, 0.2) is 72.9 Å². The maximum atomic E-state index is 13.7. The molecule has 0 unspecified atom stereocenters. The first-order valence-electron chi connectivity index (χ1n) is 11.6. The van der Waals surface area contributed by atoms with E-state index < -0.39 is 17.2 Å². The molecule has 1 aromatic heterocycles. The number of hydrogen-bond donors (Lipinski definition) is 0. The Morgan fingerprint density at radius 1 is 0.943 bits per heavy atom. The summed E-state index contributed by atoms with van der Waals surface area (Å²) in [6, 6.07) is 18.4. The lowest BCUT2D eigenvalue weighted by molar-refractivity contribution is -0.0389. The van der Waals surface area contributed by atoms with Gasteiger partial charge in [-0.2, -0.15) is 0 Å². The molecule has 176 valence electrons. The number of aromatic nitrogens is 1. The van der Waals surface area contributed by atoms with Crippen molar-refractivity contribution in [2.24, 2.45) is 0 Å². The average molecular weight is 472 g/mol. The molecule has 3 heterocycles. The molecule has 5 nitrogen and oxygen atoms in total. The number of nitrogens with zero attached hydrogens (tertiary/aromatic N) is 2. The molecule has 2 aliphatic rings. The number of fused-ring (bicyclic) bond motifs is 3. The van der Waals surface area contributed by atoms with E-state index in [2.05, 4.69) is 0 Å². The third-order valence-corrected chi connectivity index (χ3v) is 7.08. The lowest BCUT2D eigenvalue weighted by Crippen LogP contribution is -2.45. The van der Waals surface area contributed by atoms with E-state index in [1.807, 2.05) is 47.0 Å². The van der Waals surface area contributed by atoms with Crippen LogP contribution in [0.5, 0.6) is 0 Å². The van der Waals surface area contributed by atoms with E-state index in [1.165, 1.54) is 12.1 Å². The summed E-state index contributed by atoms with van der Waals surface area (Å²) in [5.74, 6) is -1.69. The van der Waals surface area contributed by atoms with Gasteiger partial charge in [-0.15, -0.1) is 0 Å². The van der Waals surface area contributed by atoms with Gasteiger partial charge >= 0.3 is 5.97 Å². The molecular weight excluding hydrogens is 450 g/mol. The van der Waals surface area contributed by atoms with Crippen molar-refractivity contribution in [1.29, 1.82) is 0 Å². The lowest BCUT2D eigenvalue weighted by atomic mass is 9.83. The summed E-state index contributed by atoms with van der Waals surface area (Å²) in [5, 5.41) is 0.785. The van der Waals surface area contributed by atoms with Gasteiger partial charge in [0.15, 0.2) is 0 Å². The summed E-state index contributed by atoms with van der Waals surface area (Å²) in [5.41, 5.74) is 2.65. The summed E-state index contributed by atoms with van der Waals surface area (Å²) >= 11 is 0. The first kappa shape index (κ1) is 21.5. The summed E-state index contributed by atoms with van der Waals surface area (Å²) in [6.45, 7) is 1.14. The number of benzene rings is 3. The Hall–Kier alpha value is -4.00. The van der Waals surface area contributed by atoms with E-state index in [1.54, 1.807) is 17.2 Å². The summed E-state index contributed by atoms with van der Waals surface area (Å²) in [4.78, 5) is 27.7. The van der Waals surface area contributed by atoms with E-state index in [4.69, 9.17) is 4.74 Å². The van der Waals surface area contributed by atoms with Crippen molar-refractivity contribution >= 4 is 22.8 Å². The van der Waals surface area contributed by atoms with Crippen LogP contribution in [0.1, 0.15) is 44.7 Å². The van der Waals surface area contributed by atoms with Crippen LogP contribution in [0.4, 0.5) is 8.78 Å². The second-order valence-electron chi connectivity index (χ2n) is 9.19. The van der Waals surface area contributed by atoms with Crippen LogP contribution in [0.25, 0.3) is 10.9 Å². The number of piperidine rings is 1. The van der Waals surface area contributed by atoms with Crippen LogP contribution in [-0.2, 0) is 16.9 Å². The topological polar surface area (TPSA) is 51.5 Å². The highest BCUT2D eigenvalue weighted by molar-refractivity contribution is 6.07. The number of rotatable bonds is 3. The Kier molecular flexibility index (Phi) is 4.95. The number of carbonyl (C=O) groups excluding carboxylic acids is 2. The molecule has 6 rings (SSSR count). The third kappa shape index (κ3) is 3.58. The normalized spacial score (nSPS) is 16.5. The van der Waals surface area contributed by atoms with Crippen LogP contribution in [0, 0.1) is 11.6 Å². The molecule has 1 saturated heterocycles. The molecule has 0 aliphatic carbocycles. The Labute approximate surface area is 200 Å². The van der Waals surface area contributed by atoms with Crippen molar-refractivity contribution in [1.82, 2.24) is 9.47 Å². The predicted molar refractivity (Wildman–Crippen MR) is 126 cm³/mol.